The molecular weight excluding hydrogens is 2040 g/mol. The number of ketones is 1. The lowest BCUT2D eigenvalue weighted by molar-refractivity contribution is -0.385. The molecule has 0 unspecified atom stereocenters. The number of nitro benzene ring substituents is 5. The molecule has 0 bridgehead atoms. The first-order valence-electron chi connectivity index (χ1n) is 43.6. The summed E-state index contributed by atoms with van der Waals surface area (Å²) in [7, 11) is 0. The van der Waals surface area contributed by atoms with Crippen LogP contribution in [0.5, 0.6) is 11.5 Å². The lowest BCUT2D eigenvalue weighted by atomic mass is 9.96. The number of hydrogen-bond donors (Lipinski definition) is 8. The van der Waals surface area contributed by atoms with Crippen molar-refractivity contribution in [1.82, 2.24) is 24.8 Å². The number of fused-ring (bicyclic) bond motifs is 4. The minimum absolute atomic E-state index is 0. The molecule has 0 saturated carbocycles. The first kappa shape index (κ1) is 129. The zero-order chi connectivity index (χ0) is 111. The van der Waals surface area contributed by atoms with Gasteiger partial charge < -0.3 is 62.4 Å². The predicted octanol–water partition coefficient (Wildman–Crippen LogP) is 25.1. The number of carbonyl (C=O) groups is 2. The van der Waals surface area contributed by atoms with Gasteiger partial charge in [-0.15, -0.1) is 0 Å². The van der Waals surface area contributed by atoms with E-state index in [0.29, 0.717) is 84.8 Å². The van der Waals surface area contributed by atoms with Crippen LogP contribution in [-0.2, 0) is 19.1 Å². The van der Waals surface area contributed by atoms with Crippen molar-refractivity contribution < 1.29 is 53.5 Å². The smallest absolute Gasteiger partial charge is 0.350 e. The number of nitrogens with two attached hydrogens (primary N) is 3. The Labute approximate surface area is 884 Å². The average Bonchev–Trinajstić information content (AvgIpc) is 0.772. The number of esters is 1. The number of halogens is 7. The second-order valence-corrected chi connectivity index (χ2v) is 35.9. The Kier molecular flexibility index (Phi) is 57.0. The number of nitrogens with zero attached hydrogens (tertiary/aromatic N) is 15. The van der Waals surface area contributed by atoms with Gasteiger partial charge in [0, 0.05) is 133 Å². The minimum atomic E-state index is -0.763. The Bertz CT molecular complexity index is 6920. The number of hydrogen-bond acceptors (Lipinski definition) is 33. The number of Topliss-reactive ketones (excluding diaryl/α,β-unsaturated/α-hetero) is 1. The first-order valence-corrected chi connectivity index (χ1v) is 46.2. The third kappa shape index (κ3) is 44.6. The third-order valence-corrected chi connectivity index (χ3v) is 20.4. The molecule has 0 spiro atoms. The van der Waals surface area contributed by atoms with Crippen LogP contribution in [0.4, 0.5) is 56.9 Å². The molecule has 12 rings (SSSR count). The number of para-hydroxylation sites is 2. The SMILES string of the molecule is C.CC(C)(C)CN.CC(C)(C)CNc1c(C#N)cnc2c(Cl)cc(N)cc12.CC(C)(C)CNc1c(C#N)cnc2c(Cl)cc([N+](=O)[O-])cc12.CCN(CC)CC.CCO.CCO/C=C(\C#N)C(C)=O.CCOC(=O)C(C#N)=CNc1ccc([N+](=O)[O-])cc1Cl.N#Cc1c[nH]c2c(Cl)cc([N+](=O)[O-])cc2c1=O.N#Cc1cnc2c(Cl)cc([N+](=O)[O-])cc2c1Cl.Nc1ccc([N+](=O)[O-])cc1Cl.c1ccc(Oc2ccccc2)cc1. The third-order valence-electron chi connectivity index (χ3n) is 18.2. The summed E-state index contributed by atoms with van der Waals surface area (Å²) in [5.41, 5.74) is 20.3. The van der Waals surface area contributed by atoms with Crippen LogP contribution in [0.3, 0.4) is 0 Å². The van der Waals surface area contributed by atoms with Crippen molar-refractivity contribution >= 4 is 193 Å². The number of aromatic amines is 1. The fourth-order valence-electron chi connectivity index (χ4n) is 10.7. The number of nitriles is 6. The fraction of sp³-hybridized carbons (Fsp3) is 0.287. The maximum atomic E-state index is 11.8. The van der Waals surface area contributed by atoms with Gasteiger partial charge in [0.15, 0.2) is 11.4 Å². The summed E-state index contributed by atoms with van der Waals surface area (Å²) in [4.78, 5) is 101. The topological polar surface area (TPSA) is 629 Å². The van der Waals surface area contributed by atoms with E-state index < -0.39 is 36.0 Å². The Balaban J connectivity index is 0.000000828. The summed E-state index contributed by atoms with van der Waals surface area (Å²) < 4.78 is 15.0. The van der Waals surface area contributed by atoms with Crippen LogP contribution in [-0.4, -0.2) is 125 Å². The van der Waals surface area contributed by atoms with Crippen molar-refractivity contribution in [2.45, 2.75) is 118 Å². The van der Waals surface area contributed by atoms with Crippen LogP contribution >= 0.6 is 81.2 Å². The van der Waals surface area contributed by atoms with Crippen molar-refractivity contribution in [3.63, 3.8) is 0 Å². The predicted molar refractivity (Wildman–Crippen MR) is 579 cm³/mol. The minimum Gasteiger partial charge on any atom is -0.500 e. The number of non-ortho nitro benzene ring substituents is 5. The van der Waals surface area contributed by atoms with Gasteiger partial charge >= 0.3 is 5.97 Å². The Hall–Kier alpha value is -15.7. The molecule has 4 aromatic heterocycles. The normalized spacial score (nSPS) is 10.4. The molecule has 0 aliphatic heterocycles. The van der Waals surface area contributed by atoms with Crippen molar-refractivity contribution in [2.75, 3.05) is 86.5 Å². The van der Waals surface area contributed by atoms with Crippen LogP contribution in [0.2, 0.25) is 35.2 Å². The van der Waals surface area contributed by atoms with Crippen LogP contribution in [0.1, 0.15) is 140 Å². The van der Waals surface area contributed by atoms with Crippen LogP contribution in [0.15, 0.2) is 199 Å². The molecule has 0 aliphatic rings. The lowest BCUT2D eigenvalue weighted by Gasteiger charge is -2.21. The Morgan fingerprint density at radius 3 is 1.24 bits per heavy atom. The maximum Gasteiger partial charge on any atom is 0.350 e. The maximum absolute atomic E-state index is 11.8. The summed E-state index contributed by atoms with van der Waals surface area (Å²) in [6, 6.07) is 49.2. The van der Waals surface area contributed by atoms with Gasteiger partial charge in [-0.05, 0) is 119 Å². The second kappa shape index (κ2) is 64.8. The molecule has 8 aromatic carbocycles. The van der Waals surface area contributed by atoms with E-state index in [-0.39, 0.29) is 129 Å². The zero-order valence-corrected chi connectivity index (χ0v) is 87.5. The van der Waals surface area contributed by atoms with Crippen LogP contribution in [0, 0.1) is 135 Å². The van der Waals surface area contributed by atoms with E-state index in [9.17, 15) is 75.5 Å². The highest BCUT2D eigenvalue weighted by atomic mass is 35.5. The summed E-state index contributed by atoms with van der Waals surface area (Å²) in [6.45, 7) is 38.4. The molecule has 0 amide bonds. The van der Waals surface area contributed by atoms with Gasteiger partial charge in [0.1, 0.15) is 65.3 Å². The molecule has 4 heterocycles. The number of aliphatic hydroxyl groups is 1. The van der Waals surface area contributed by atoms with Gasteiger partial charge in [0.25, 0.3) is 28.4 Å². The molecule has 0 radical (unpaired) electrons. The summed E-state index contributed by atoms with van der Waals surface area (Å²) >= 11 is 41.3. The highest BCUT2D eigenvalue weighted by molar-refractivity contribution is 6.40. The molecular formula is C101H111Cl7N22O17. The number of pyridine rings is 4. The van der Waals surface area contributed by atoms with Crippen molar-refractivity contribution in [2.24, 2.45) is 22.0 Å². The number of anilines is 5. The Morgan fingerprint density at radius 2 is 0.878 bits per heavy atom. The average molecular weight is 2150 g/mol. The second-order valence-electron chi connectivity index (χ2n) is 33.1. The molecule has 0 fully saturated rings. The molecule has 0 aliphatic carbocycles. The molecule has 147 heavy (non-hydrogen) atoms. The van der Waals surface area contributed by atoms with Crippen LogP contribution < -0.4 is 43.3 Å². The van der Waals surface area contributed by atoms with E-state index in [4.69, 9.17) is 134 Å². The number of ether oxygens (including phenoxy) is 3. The number of benzene rings is 8. The summed E-state index contributed by atoms with van der Waals surface area (Å²) in [5, 5.41) is 126. The number of nitro groups is 5. The van der Waals surface area contributed by atoms with Gasteiger partial charge in [-0.25, -0.2) is 4.79 Å². The zero-order valence-electron chi connectivity index (χ0n) is 82.2. The molecule has 12 aromatic rings. The highest BCUT2D eigenvalue weighted by Crippen LogP contribution is 2.39. The van der Waals surface area contributed by atoms with Crippen molar-refractivity contribution in [3.05, 3.63) is 312 Å². The van der Waals surface area contributed by atoms with E-state index in [2.05, 4.69) is 120 Å². The van der Waals surface area contributed by atoms with E-state index in [1.54, 1.807) is 51.1 Å². The van der Waals surface area contributed by atoms with Crippen LogP contribution in [0.25, 0.3) is 43.6 Å². The summed E-state index contributed by atoms with van der Waals surface area (Å²) in [5.74, 6) is 0.707. The van der Waals surface area contributed by atoms with E-state index in [1.807, 2.05) is 87.5 Å². The van der Waals surface area contributed by atoms with Gasteiger partial charge in [0.05, 0.1) is 140 Å². The first-order chi connectivity index (χ1) is 68.7. The number of aliphatic hydroxyl groups excluding tert-OH is 1. The highest BCUT2D eigenvalue weighted by Gasteiger charge is 2.23. The quantitative estimate of drug-likeness (QED) is 0.00630. The van der Waals surface area contributed by atoms with Gasteiger partial charge in [-0.1, -0.05) is 208 Å². The number of rotatable bonds is 21. The standard InChI is InChI=1S/C15H15ClN4O2.C15H17ClN4.C12H10ClN3O4.C12H10O.C10H3Cl2N3O2.C10H4ClN3O3.C7H9NO2.C6H5ClN2O2.C6H15N.C5H13N.C2H6O.CH4/c1-15(2,3)8-19-13-9(6-17)7-18-14-11(13)4-10(20(21)22)5-12(14)16;1-15(2,3)8-20-13-9(6-17)7-19-14-11(13)4-10(18)5-12(14)16;1-2-20-12(17)8(6-14)7-15-11-4-3-9(16(18)19)5-10(11)13;1-3-7-11(8-4-1)13-12-9-5-2-6-10-12;11-8-2-6(15(16)17)1-7-9(12)5(3-13)4-14-10(7)8;11-8-2-6(14(16)17)1-7-9(8)13-4-5(3-12)10(7)15;1-3-10-5-7(4-8)6(2)9;7-5-3-4(9(10)11)1-2-6(5)8;1-4-7(5-2)6-3;1-5(2,3)4-6;1-2-3;/h4-5,7H,8H2,1-3H3,(H,18,19);4-5,7H,8,18H2,1-3H3,(H,19,20);3-5,7,15H,2H2,1H3;1-10H;1-2,4H;1-2,4H,(H,13,15);5H,3H2,1-2H3;1-3H,8H2;4-6H2,1-3H3;4,6H2,1-3H3;3H,2H2,1H3;1H4/b;;;;;;7-5+;;;;;. The van der Waals surface area contributed by atoms with Gasteiger partial charge in [-0.3, -0.25) is 75.1 Å². The number of aromatic nitrogens is 4. The largest absolute Gasteiger partial charge is 0.500 e. The number of H-pyrrole nitrogens is 1. The monoisotopic (exact) mass is 2150 g/mol. The number of nitrogen functional groups attached to an aromatic ring is 2. The molecule has 0 atom stereocenters. The number of carbonyl (C=O) groups excluding carboxylic acids is 2. The van der Waals surface area contributed by atoms with E-state index in [0.717, 1.165) is 60.1 Å². The molecule has 46 heteroatoms. The van der Waals surface area contributed by atoms with Crippen molar-refractivity contribution in [1.29, 1.82) is 31.6 Å². The Morgan fingerprint density at radius 1 is 0.497 bits per heavy atom. The lowest BCUT2D eigenvalue weighted by Crippen LogP contribution is -2.21. The van der Waals surface area contributed by atoms with E-state index in [1.165, 1.54) is 112 Å². The molecule has 0 saturated heterocycles. The fourth-order valence-corrected chi connectivity index (χ4v) is 12.5. The number of allylic oxidation sites excluding steroid dienone is 1. The van der Waals surface area contributed by atoms with E-state index >= 15 is 0 Å². The summed E-state index contributed by atoms with van der Waals surface area (Å²) in [6.07, 6.45) is 7.78. The molecule has 11 N–H and O–H groups in total. The van der Waals surface area contributed by atoms with Gasteiger partial charge in [0.2, 0.25) is 5.43 Å². The molecule has 39 nitrogen and oxygen atoms in total. The van der Waals surface area contributed by atoms with Crippen molar-refractivity contribution in [3.8, 4) is 47.9 Å². The molecule has 776 valence electrons. The number of nitrogens with one attached hydrogen (secondary N) is 4. The van der Waals surface area contributed by atoms with Gasteiger partial charge in [-0.2, -0.15) is 31.6 Å².